The van der Waals surface area contributed by atoms with Crippen molar-refractivity contribution in [2.24, 2.45) is 23.7 Å². The van der Waals surface area contributed by atoms with E-state index in [4.69, 9.17) is 0 Å². The summed E-state index contributed by atoms with van der Waals surface area (Å²) in [5, 5.41) is 13.6. The third-order valence-corrected chi connectivity index (χ3v) is 12.2. The van der Waals surface area contributed by atoms with Crippen LogP contribution in [0.4, 0.5) is 5.69 Å². The van der Waals surface area contributed by atoms with Gasteiger partial charge < -0.3 is 5.11 Å². The van der Waals surface area contributed by atoms with Crippen molar-refractivity contribution in [1.29, 1.82) is 0 Å². The fraction of sp³-hybridized carbons (Fsp3) is 0.182. The molecule has 7 heteroatoms. The van der Waals surface area contributed by atoms with E-state index in [9.17, 15) is 14.7 Å². The number of anilines is 1. The van der Waals surface area contributed by atoms with Crippen LogP contribution in [0.1, 0.15) is 35.4 Å². The number of aromatic hydroxyl groups is 1. The lowest BCUT2D eigenvalue weighted by atomic mass is 9.44. The fourth-order valence-electron chi connectivity index (χ4n) is 9.62. The molecule has 3 aliphatic carbocycles. The van der Waals surface area contributed by atoms with Crippen molar-refractivity contribution >= 4 is 61.3 Å². The second-order valence-electron chi connectivity index (χ2n) is 14.0. The number of halogens is 1. The van der Waals surface area contributed by atoms with Gasteiger partial charge in [-0.3, -0.25) is 24.1 Å². The first kappa shape index (κ1) is 31.6. The molecule has 5 aromatic carbocycles. The van der Waals surface area contributed by atoms with E-state index in [1.165, 1.54) is 11.0 Å². The minimum absolute atomic E-state index is 0.0137. The zero-order chi connectivity index (χ0) is 35.0. The third-order valence-electron chi connectivity index (χ3n) is 11.7. The zero-order valence-electron chi connectivity index (χ0n) is 27.4. The van der Waals surface area contributed by atoms with Crippen molar-refractivity contribution < 1.29 is 24.3 Å². The molecule has 6 atom stereocenters. The molecule has 0 spiro atoms. The molecule has 51 heavy (non-hydrogen) atoms. The molecule has 5 aromatic rings. The molecule has 4 aliphatic rings. The number of allylic oxidation sites excluding steroid dienone is 4. The average molecular weight is 735 g/mol. The molecular weight excluding hydrogens is 702 g/mol. The first-order valence-corrected chi connectivity index (χ1v) is 18.0. The molecule has 9 rings (SSSR count). The van der Waals surface area contributed by atoms with E-state index in [-0.39, 0.29) is 35.6 Å². The van der Waals surface area contributed by atoms with Gasteiger partial charge in [0.05, 0.1) is 22.9 Å². The minimum atomic E-state index is -1.43. The predicted molar refractivity (Wildman–Crippen MR) is 199 cm³/mol. The van der Waals surface area contributed by atoms with Gasteiger partial charge in [-0.15, -0.1) is 0 Å². The van der Waals surface area contributed by atoms with Crippen molar-refractivity contribution in [2.45, 2.75) is 24.2 Å². The Bertz CT molecular complexity index is 2350. The molecule has 1 heterocycles. The molecule has 0 aromatic heterocycles. The molecule has 0 radical (unpaired) electrons. The Hall–Kier alpha value is -5.40. The van der Waals surface area contributed by atoms with Crippen molar-refractivity contribution in [3.63, 3.8) is 0 Å². The highest BCUT2D eigenvalue weighted by atomic mass is 79.9. The highest BCUT2D eigenvalue weighted by Crippen LogP contribution is 2.65. The summed E-state index contributed by atoms with van der Waals surface area (Å²) in [6.45, 7) is 0. The van der Waals surface area contributed by atoms with E-state index in [1.54, 1.807) is 30.3 Å². The molecule has 6 nitrogen and oxygen atoms in total. The molecule has 6 unspecified atom stereocenters. The van der Waals surface area contributed by atoms with Crippen LogP contribution in [0.15, 0.2) is 144 Å². The highest BCUT2D eigenvalue weighted by molar-refractivity contribution is 9.10. The minimum Gasteiger partial charge on any atom is -0.508 e. The van der Waals surface area contributed by atoms with E-state index < -0.39 is 35.0 Å². The summed E-state index contributed by atoms with van der Waals surface area (Å²) in [7, 11) is 0. The highest BCUT2D eigenvalue weighted by Gasteiger charge is 2.66. The van der Waals surface area contributed by atoms with Gasteiger partial charge in [0.25, 0.3) is 0 Å². The maximum absolute atomic E-state index is 15.3. The number of Topliss-reactive ketones (excluding diaryl/α,β-unsaturated/α-hetero) is 1. The summed E-state index contributed by atoms with van der Waals surface area (Å²) < 4.78 is 0.830. The topological polar surface area (TPSA) is 91.8 Å². The monoisotopic (exact) mass is 733 g/mol. The fourth-order valence-corrected chi connectivity index (χ4v) is 9.88. The number of carbonyl (C=O) groups excluding carboxylic acids is 4. The van der Waals surface area contributed by atoms with Crippen molar-refractivity contribution in [3.8, 4) is 5.75 Å². The second kappa shape index (κ2) is 11.8. The van der Waals surface area contributed by atoms with Gasteiger partial charge in [0.2, 0.25) is 11.8 Å². The number of hydrogen-bond donors (Lipinski definition) is 1. The first-order valence-electron chi connectivity index (χ1n) is 17.3. The standard InChI is InChI=1S/C44H32BrNO5/c45-28-16-18-29(19-17-28)46-42(50)32-21-20-31-34(38(32)43(46)51)23-35-41(49)33(25-9-3-1-4-10-25)24-37(48)44(35,27-12-5-2-6-13-27)40(31)39-30-14-8-7-11-26(30)15-22-36(39)47/h1-20,22,24,32,34-35,38,40,47H,21,23H2. The van der Waals surface area contributed by atoms with E-state index in [0.29, 0.717) is 34.4 Å². The summed E-state index contributed by atoms with van der Waals surface area (Å²) in [4.78, 5) is 60.5. The number of hydrogen-bond acceptors (Lipinski definition) is 5. The normalized spacial score (nSPS) is 27.1. The van der Waals surface area contributed by atoms with Crippen molar-refractivity contribution in [3.05, 3.63) is 160 Å². The Morgan fingerprint density at radius 3 is 2.16 bits per heavy atom. The average Bonchev–Trinajstić information content (AvgIpc) is 3.42. The molecule has 2 fully saturated rings. The van der Waals surface area contributed by atoms with Crippen molar-refractivity contribution in [2.75, 3.05) is 4.90 Å². The third kappa shape index (κ3) is 4.53. The predicted octanol–water partition coefficient (Wildman–Crippen LogP) is 8.34. The van der Waals surface area contributed by atoms with Gasteiger partial charge in [-0.05, 0) is 77.1 Å². The smallest absolute Gasteiger partial charge is 0.238 e. The van der Waals surface area contributed by atoms with Crippen LogP contribution in [-0.2, 0) is 24.6 Å². The van der Waals surface area contributed by atoms with Gasteiger partial charge >= 0.3 is 0 Å². The number of nitrogens with zero attached hydrogens (tertiary/aromatic N) is 1. The molecule has 2 amide bonds. The van der Waals surface area contributed by atoms with E-state index in [2.05, 4.69) is 15.9 Å². The number of phenols is 1. The maximum Gasteiger partial charge on any atom is 0.238 e. The van der Waals surface area contributed by atoms with Crippen LogP contribution in [0.3, 0.4) is 0 Å². The maximum atomic E-state index is 15.3. The lowest BCUT2D eigenvalue weighted by Gasteiger charge is -2.55. The molecular formula is C44H32BrNO5. The number of amides is 2. The van der Waals surface area contributed by atoms with Gasteiger partial charge in [-0.2, -0.15) is 0 Å². The summed E-state index contributed by atoms with van der Waals surface area (Å²) in [5.41, 5.74) is 2.11. The summed E-state index contributed by atoms with van der Waals surface area (Å²) >= 11 is 3.45. The Labute approximate surface area is 303 Å². The summed E-state index contributed by atoms with van der Waals surface area (Å²) in [6.07, 6.45) is 4.04. The van der Waals surface area contributed by atoms with Gasteiger partial charge in [0.15, 0.2) is 11.6 Å². The zero-order valence-corrected chi connectivity index (χ0v) is 29.0. The number of imide groups is 1. The molecule has 1 aliphatic heterocycles. The van der Waals surface area contributed by atoms with Crippen LogP contribution in [0, 0.1) is 23.7 Å². The SMILES string of the molecule is O=C1C(c2ccccc2)=CC(=O)C2(c3ccccc3)C1CC1C(=CCC3C(=O)N(c4ccc(Br)cc4)C(=O)C31)C2c1c(O)ccc2ccccc12. The van der Waals surface area contributed by atoms with E-state index in [0.717, 1.165) is 20.8 Å². The van der Waals surface area contributed by atoms with E-state index >= 15 is 9.59 Å². The molecule has 1 saturated carbocycles. The van der Waals surface area contributed by atoms with Crippen LogP contribution in [0.25, 0.3) is 16.3 Å². The van der Waals surface area contributed by atoms with Gasteiger partial charge in [0, 0.05) is 27.4 Å². The van der Waals surface area contributed by atoms with E-state index in [1.807, 2.05) is 97.1 Å². The summed E-state index contributed by atoms with van der Waals surface area (Å²) in [5.74, 6) is -4.52. The lowest BCUT2D eigenvalue weighted by Crippen LogP contribution is -2.58. The lowest BCUT2D eigenvalue weighted by molar-refractivity contribution is -0.135. The quantitative estimate of drug-likeness (QED) is 0.148. The Morgan fingerprint density at radius 1 is 0.725 bits per heavy atom. The van der Waals surface area contributed by atoms with Crippen LogP contribution < -0.4 is 4.90 Å². The molecule has 1 saturated heterocycles. The second-order valence-corrected chi connectivity index (χ2v) is 14.9. The van der Waals surface area contributed by atoms with Crippen LogP contribution in [0.5, 0.6) is 5.75 Å². The molecule has 250 valence electrons. The Kier molecular flexibility index (Phi) is 7.33. The largest absolute Gasteiger partial charge is 0.508 e. The first-order chi connectivity index (χ1) is 24.8. The molecule has 1 N–H and O–H groups in total. The Morgan fingerprint density at radius 2 is 1.41 bits per heavy atom. The number of rotatable bonds is 4. The van der Waals surface area contributed by atoms with Gasteiger partial charge in [-0.25, -0.2) is 0 Å². The van der Waals surface area contributed by atoms with Crippen LogP contribution >= 0.6 is 15.9 Å². The number of ketones is 2. The number of carbonyl (C=O) groups is 4. The number of phenolic OH excluding ortho intramolecular Hbond substituents is 1. The van der Waals surface area contributed by atoms with Crippen molar-refractivity contribution in [1.82, 2.24) is 0 Å². The Balaban J connectivity index is 1.32. The van der Waals surface area contributed by atoms with Gasteiger partial charge in [-0.1, -0.05) is 119 Å². The van der Waals surface area contributed by atoms with Crippen LogP contribution in [-0.4, -0.2) is 28.5 Å². The molecule has 0 bridgehead atoms. The number of fused-ring (bicyclic) bond motifs is 5. The van der Waals surface area contributed by atoms with Crippen LogP contribution in [0.2, 0.25) is 0 Å². The summed E-state index contributed by atoms with van der Waals surface area (Å²) in [6, 6.07) is 37.0. The van der Waals surface area contributed by atoms with Gasteiger partial charge in [0.1, 0.15) is 5.75 Å². The number of benzene rings is 5.